The number of amides is 1. The molecular weight excluding hydrogens is 292 g/mol. The molecule has 3 heterocycles. The molecule has 5 heteroatoms. The van der Waals surface area contributed by atoms with E-state index in [-0.39, 0.29) is 12.5 Å². The lowest BCUT2D eigenvalue weighted by Gasteiger charge is -2.36. The molecule has 2 bridgehead atoms. The summed E-state index contributed by atoms with van der Waals surface area (Å²) in [6, 6.07) is 7.82. The van der Waals surface area contributed by atoms with Gasteiger partial charge >= 0.3 is 5.76 Å². The summed E-state index contributed by atoms with van der Waals surface area (Å²) in [5, 5.41) is 0. The first-order valence-electron chi connectivity index (χ1n) is 8.21. The minimum absolute atomic E-state index is 0.0290. The van der Waals surface area contributed by atoms with Crippen molar-refractivity contribution in [3.8, 4) is 0 Å². The van der Waals surface area contributed by atoms with E-state index >= 15 is 0 Å². The smallest absolute Gasteiger partial charge is 0.408 e. The van der Waals surface area contributed by atoms with Gasteiger partial charge in [-0.25, -0.2) is 4.79 Å². The van der Waals surface area contributed by atoms with Crippen molar-refractivity contribution in [3.63, 3.8) is 0 Å². The van der Waals surface area contributed by atoms with E-state index in [9.17, 15) is 9.59 Å². The zero-order chi connectivity index (χ0) is 16.0. The number of fused-ring (bicyclic) bond motifs is 3. The van der Waals surface area contributed by atoms with Crippen LogP contribution in [0.4, 0.5) is 0 Å². The Morgan fingerprint density at radius 2 is 1.96 bits per heavy atom. The number of para-hydroxylation sites is 2. The normalized spacial score (nSPS) is 23.5. The molecule has 4 rings (SSSR count). The van der Waals surface area contributed by atoms with Crippen LogP contribution in [0.1, 0.15) is 32.6 Å². The largest absolute Gasteiger partial charge is 0.420 e. The molecule has 0 radical (unpaired) electrons. The van der Waals surface area contributed by atoms with E-state index < -0.39 is 5.76 Å². The highest BCUT2D eigenvalue weighted by atomic mass is 16.4. The van der Waals surface area contributed by atoms with Gasteiger partial charge in [-0.3, -0.25) is 9.36 Å². The maximum Gasteiger partial charge on any atom is 0.420 e. The summed E-state index contributed by atoms with van der Waals surface area (Å²) in [7, 11) is 0. The van der Waals surface area contributed by atoms with Gasteiger partial charge in [-0.2, -0.15) is 0 Å². The molecular formula is C18H20N2O3. The lowest BCUT2D eigenvalue weighted by Crippen LogP contribution is -2.46. The number of piperidine rings is 1. The molecule has 2 saturated heterocycles. The van der Waals surface area contributed by atoms with Gasteiger partial charge in [0, 0.05) is 12.1 Å². The zero-order valence-corrected chi connectivity index (χ0v) is 13.2. The fourth-order valence-corrected chi connectivity index (χ4v) is 4.07. The van der Waals surface area contributed by atoms with Crippen LogP contribution < -0.4 is 5.76 Å². The minimum atomic E-state index is -0.460. The SMILES string of the molecule is CC=C1CC2CCC(C1)N2C(=O)Cn1c(=O)oc2ccccc21. The maximum absolute atomic E-state index is 12.8. The lowest BCUT2D eigenvalue weighted by atomic mass is 9.96. The molecule has 2 unspecified atom stereocenters. The van der Waals surface area contributed by atoms with E-state index in [0.717, 1.165) is 25.7 Å². The van der Waals surface area contributed by atoms with E-state index in [2.05, 4.69) is 13.0 Å². The predicted molar refractivity (Wildman–Crippen MR) is 87.1 cm³/mol. The molecule has 120 valence electrons. The number of aromatic nitrogens is 1. The second-order valence-corrected chi connectivity index (χ2v) is 6.46. The van der Waals surface area contributed by atoms with E-state index in [0.29, 0.717) is 23.2 Å². The van der Waals surface area contributed by atoms with E-state index in [1.807, 2.05) is 23.1 Å². The van der Waals surface area contributed by atoms with Gasteiger partial charge < -0.3 is 9.32 Å². The van der Waals surface area contributed by atoms with Crippen molar-refractivity contribution in [2.24, 2.45) is 0 Å². The summed E-state index contributed by atoms with van der Waals surface area (Å²) in [6.45, 7) is 2.14. The molecule has 0 N–H and O–H groups in total. The molecule has 23 heavy (non-hydrogen) atoms. The van der Waals surface area contributed by atoms with Crippen LogP contribution in [-0.2, 0) is 11.3 Å². The van der Waals surface area contributed by atoms with Crippen molar-refractivity contribution >= 4 is 17.0 Å². The van der Waals surface area contributed by atoms with Crippen LogP contribution in [0.5, 0.6) is 0 Å². The summed E-state index contributed by atoms with van der Waals surface area (Å²) in [4.78, 5) is 26.9. The van der Waals surface area contributed by atoms with Gasteiger partial charge in [0.05, 0.1) is 5.52 Å². The number of allylic oxidation sites excluding steroid dienone is 1. The Balaban J connectivity index is 1.61. The van der Waals surface area contributed by atoms with Gasteiger partial charge in [-0.15, -0.1) is 0 Å². The molecule has 1 amide bonds. The van der Waals surface area contributed by atoms with Crippen molar-refractivity contribution < 1.29 is 9.21 Å². The van der Waals surface area contributed by atoms with Crippen LogP contribution >= 0.6 is 0 Å². The Morgan fingerprint density at radius 3 is 2.65 bits per heavy atom. The molecule has 1 aromatic carbocycles. The minimum Gasteiger partial charge on any atom is -0.408 e. The Hall–Kier alpha value is -2.30. The third kappa shape index (κ3) is 2.31. The van der Waals surface area contributed by atoms with Crippen molar-refractivity contribution in [2.45, 2.75) is 51.2 Å². The monoisotopic (exact) mass is 312 g/mol. The summed E-state index contributed by atoms with van der Waals surface area (Å²) in [5.74, 6) is -0.431. The third-order valence-electron chi connectivity index (χ3n) is 5.18. The van der Waals surface area contributed by atoms with Crippen molar-refractivity contribution in [1.82, 2.24) is 9.47 Å². The van der Waals surface area contributed by atoms with Crippen molar-refractivity contribution in [1.29, 1.82) is 0 Å². The van der Waals surface area contributed by atoms with E-state index in [1.165, 1.54) is 10.1 Å². The molecule has 1 aromatic heterocycles. The highest BCUT2D eigenvalue weighted by Gasteiger charge is 2.41. The summed E-state index contributed by atoms with van der Waals surface area (Å²) < 4.78 is 6.67. The second-order valence-electron chi connectivity index (χ2n) is 6.46. The molecule has 0 aliphatic carbocycles. The number of carbonyl (C=O) groups is 1. The van der Waals surface area contributed by atoms with Crippen molar-refractivity contribution in [2.75, 3.05) is 0 Å². The topological polar surface area (TPSA) is 55.5 Å². The predicted octanol–water partition coefficient (Wildman–Crippen LogP) is 2.69. The summed E-state index contributed by atoms with van der Waals surface area (Å²) in [5.41, 5.74) is 2.67. The van der Waals surface area contributed by atoms with Crippen LogP contribution in [-0.4, -0.2) is 27.5 Å². The Kier molecular flexibility index (Phi) is 3.36. The molecule has 0 spiro atoms. The first-order valence-corrected chi connectivity index (χ1v) is 8.21. The molecule has 2 atom stereocenters. The number of nitrogens with zero attached hydrogens (tertiary/aromatic N) is 2. The van der Waals surface area contributed by atoms with Gasteiger partial charge in [0.15, 0.2) is 5.58 Å². The van der Waals surface area contributed by atoms with E-state index in [4.69, 9.17) is 4.42 Å². The average Bonchev–Trinajstić information content (AvgIpc) is 3.01. The second kappa shape index (κ2) is 5.41. The maximum atomic E-state index is 12.8. The number of hydrogen-bond donors (Lipinski definition) is 0. The standard InChI is InChI=1S/C18H20N2O3/c1-2-12-9-13-7-8-14(10-12)20(13)17(21)11-19-15-5-3-4-6-16(15)23-18(19)22/h2-6,13-14H,7-11H2,1H3. The highest BCUT2D eigenvalue weighted by molar-refractivity contribution is 5.80. The van der Waals surface area contributed by atoms with Crippen LogP contribution in [0, 0.1) is 0 Å². The van der Waals surface area contributed by atoms with Crippen molar-refractivity contribution in [3.05, 3.63) is 46.5 Å². The number of oxazole rings is 1. The third-order valence-corrected chi connectivity index (χ3v) is 5.18. The van der Waals surface area contributed by atoms with Gasteiger partial charge in [-0.1, -0.05) is 23.8 Å². The van der Waals surface area contributed by atoms with Gasteiger partial charge in [0.2, 0.25) is 5.91 Å². The number of hydrogen-bond acceptors (Lipinski definition) is 3. The van der Waals surface area contributed by atoms with Crippen LogP contribution in [0.2, 0.25) is 0 Å². The molecule has 2 aliphatic rings. The fraction of sp³-hybridized carbons (Fsp3) is 0.444. The summed E-state index contributed by atoms with van der Waals surface area (Å²) >= 11 is 0. The molecule has 2 fully saturated rings. The van der Waals surface area contributed by atoms with Gasteiger partial charge in [-0.05, 0) is 44.7 Å². The van der Waals surface area contributed by atoms with E-state index in [1.54, 1.807) is 6.07 Å². The summed E-state index contributed by atoms with van der Waals surface area (Å²) in [6.07, 6.45) is 6.25. The zero-order valence-electron chi connectivity index (χ0n) is 13.2. The number of benzene rings is 1. The molecule has 2 aromatic rings. The quantitative estimate of drug-likeness (QED) is 0.801. The molecule has 2 aliphatic heterocycles. The van der Waals surface area contributed by atoms with Crippen LogP contribution in [0.15, 0.2) is 45.1 Å². The van der Waals surface area contributed by atoms with Gasteiger partial charge in [0.25, 0.3) is 0 Å². The first-order chi connectivity index (χ1) is 11.2. The van der Waals surface area contributed by atoms with Gasteiger partial charge in [0.1, 0.15) is 6.54 Å². The Labute approximate surface area is 134 Å². The number of rotatable bonds is 2. The molecule has 0 saturated carbocycles. The Bertz CT molecular complexity index is 829. The first kappa shape index (κ1) is 14.3. The number of carbonyl (C=O) groups excluding carboxylic acids is 1. The average molecular weight is 312 g/mol. The molecule has 5 nitrogen and oxygen atoms in total. The lowest BCUT2D eigenvalue weighted by molar-refractivity contribution is -0.135. The highest BCUT2D eigenvalue weighted by Crippen LogP contribution is 2.38. The van der Waals surface area contributed by atoms with Crippen LogP contribution in [0.3, 0.4) is 0 Å². The van der Waals surface area contributed by atoms with Crippen LogP contribution in [0.25, 0.3) is 11.1 Å². The Morgan fingerprint density at radius 1 is 1.26 bits per heavy atom. The fourth-order valence-electron chi connectivity index (χ4n) is 4.07.